The van der Waals surface area contributed by atoms with Crippen molar-refractivity contribution in [3.8, 4) is 0 Å². The third-order valence-corrected chi connectivity index (χ3v) is 3.10. The van der Waals surface area contributed by atoms with E-state index in [2.05, 4.69) is 19.2 Å². The zero-order valence-corrected chi connectivity index (χ0v) is 9.17. The normalized spacial score (nSPS) is 33.3. The Morgan fingerprint density at radius 3 is 2.71 bits per heavy atom. The molecule has 0 spiro atoms. The lowest BCUT2D eigenvalue weighted by atomic mass is 9.83. The van der Waals surface area contributed by atoms with Crippen LogP contribution in [0.5, 0.6) is 0 Å². The van der Waals surface area contributed by atoms with Crippen molar-refractivity contribution in [1.29, 1.82) is 0 Å². The van der Waals surface area contributed by atoms with Crippen molar-refractivity contribution in [2.45, 2.75) is 38.3 Å². The van der Waals surface area contributed by atoms with Gasteiger partial charge in [0.15, 0.2) is 0 Å². The van der Waals surface area contributed by atoms with E-state index in [-0.39, 0.29) is 12.0 Å². The summed E-state index contributed by atoms with van der Waals surface area (Å²) in [6, 6.07) is 0. The lowest BCUT2D eigenvalue weighted by Gasteiger charge is -2.39. The highest BCUT2D eigenvalue weighted by molar-refractivity contribution is 5.84. The summed E-state index contributed by atoms with van der Waals surface area (Å²) < 4.78 is 5.60. The Labute approximate surface area is 85.2 Å². The number of carbonyl (C=O) groups is 1. The molecule has 0 aromatic rings. The predicted molar refractivity (Wildman–Crippen MR) is 54.8 cm³/mol. The Morgan fingerprint density at radius 2 is 2.29 bits per heavy atom. The first-order chi connectivity index (χ1) is 6.52. The van der Waals surface area contributed by atoms with Crippen LogP contribution >= 0.6 is 0 Å². The molecule has 2 unspecified atom stereocenters. The molecule has 4 nitrogen and oxygen atoms in total. The zero-order chi connectivity index (χ0) is 10.8. The van der Waals surface area contributed by atoms with Crippen molar-refractivity contribution in [1.82, 2.24) is 5.32 Å². The van der Waals surface area contributed by atoms with Crippen molar-refractivity contribution in [2.75, 3.05) is 13.7 Å². The van der Waals surface area contributed by atoms with Gasteiger partial charge in [-0.25, -0.2) is 0 Å². The predicted octanol–water partition coefficient (Wildman–Crippen LogP) is 0.265. The molecular formula is C10H20N2O2. The second-order valence-corrected chi connectivity index (χ2v) is 4.30. The van der Waals surface area contributed by atoms with Gasteiger partial charge in [0.25, 0.3) is 0 Å². The number of nitrogens with two attached hydrogens (primary N) is 1. The van der Waals surface area contributed by atoms with Crippen LogP contribution in [0.15, 0.2) is 0 Å². The summed E-state index contributed by atoms with van der Waals surface area (Å²) in [5.41, 5.74) is 4.86. The second kappa shape index (κ2) is 4.28. The van der Waals surface area contributed by atoms with Crippen LogP contribution in [0.3, 0.4) is 0 Å². The molecule has 2 atom stereocenters. The highest BCUT2D eigenvalue weighted by atomic mass is 16.5. The fourth-order valence-electron chi connectivity index (χ4n) is 1.89. The molecule has 3 N–H and O–H groups in total. The number of hydrogen-bond acceptors (Lipinski definition) is 3. The van der Waals surface area contributed by atoms with Crippen LogP contribution < -0.4 is 11.1 Å². The summed E-state index contributed by atoms with van der Waals surface area (Å²) in [4.78, 5) is 11.4. The maximum atomic E-state index is 11.4. The van der Waals surface area contributed by atoms with Gasteiger partial charge in [0.2, 0.25) is 5.91 Å². The number of rotatable bonds is 3. The topological polar surface area (TPSA) is 64.3 Å². The molecule has 1 aliphatic heterocycles. The Morgan fingerprint density at radius 1 is 1.64 bits per heavy atom. The minimum atomic E-state index is -0.562. The number of primary amides is 1. The molecule has 1 rings (SSSR count). The average molecular weight is 200 g/mol. The average Bonchev–Trinajstić information content (AvgIpc) is 2.17. The van der Waals surface area contributed by atoms with E-state index in [4.69, 9.17) is 10.5 Å². The van der Waals surface area contributed by atoms with Gasteiger partial charge in [0.1, 0.15) is 5.54 Å². The van der Waals surface area contributed by atoms with Crippen LogP contribution in [-0.2, 0) is 9.53 Å². The second-order valence-electron chi connectivity index (χ2n) is 4.30. The quantitative estimate of drug-likeness (QED) is 0.687. The third-order valence-electron chi connectivity index (χ3n) is 3.10. The van der Waals surface area contributed by atoms with E-state index >= 15 is 0 Å². The van der Waals surface area contributed by atoms with Crippen molar-refractivity contribution < 1.29 is 9.53 Å². The minimum absolute atomic E-state index is 0.128. The van der Waals surface area contributed by atoms with Crippen LogP contribution in [0.4, 0.5) is 0 Å². The number of ether oxygens (including phenoxy) is 1. The Hall–Kier alpha value is -0.610. The Bertz CT molecular complexity index is 218. The number of hydrogen-bond donors (Lipinski definition) is 2. The fourth-order valence-corrected chi connectivity index (χ4v) is 1.89. The summed E-state index contributed by atoms with van der Waals surface area (Å²) >= 11 is 0. The molecule has 1 heterocycles. The summed E-state index contributed by atoms with van der Waals surface area (Å²) in [5, 5.41) is 3.05. The summed E-state index contributed by atoms with van der Waals surface area (Å²) in [6.07, 6.45) is 1.47. The van der Waals surface area contributed by atoms with Gasteiger partial charge in [-0.05, 0) is 19.4 Å². The molecule has 4 heteroatoms. The molecule has 0 aliphatic carbocycles. The van der Waals surface area contributed by atoms with Crippen LogP contribution in [0, 0.1) is 5.92 Å². The van der Waals surface area contributed by atoms with Crippen molar-refractivity contribution >= 4 is 5.91 Å². The van der Waals surface area contributed by atoms with E-state index in [0.29, 0.717) is 25.4 Å². The number of carbonyl (C=O) groups excluding carboxylic acids is 1. The standard InChI is InChI=1S/C10H20N2O2/c1-7(2)8-6-10(12-3,9(11)13)4-5-14-8/h7-8,12H,4-6H2,1-3H3,(H2,11,13). The van der Waals surface area contributed by atoms with E-state index in [1.165, 1.54) is 0 Å². The highest BCUT2D eigenvalue weighted by Gasteiger charge is 2.41. The van der Waals surface area contributed by atoms with E-state index in [9.17, 15) is 4.79 Å². The summed E-state index contributed by atoms with van der Waals surface area (Å²) in [7, 11) is 1.79. The van der Waals surface area contributed by atoms with Gasteiger partial charge in [0.05, 0.1) is 6.10 Å². The fraction of sp³-hybridized carbons (Fsp3) is 0.900. The molecule has 1 amide bonds. The van der Waals surface area contributed by atoms with Crippen molar-refractivity contribution in [3.63, 3.8) is 0 Å². The molecule has 1 aliphatic rings. The van der Waals surface area contributed by atoms with Gasteiger partial charge in [-0.15, -0.1) is 0 Å². The van der Waals surface area contributed by atoms with Crippen LogP contribution in [0.2, 0.25) is 0 Å². The molecule has 82 valence electrons. The maximum absolute atomic E-state index is 11.4. The molecule has 1 fully saturated rings. The highest BCUT2D eigenvalue weighted by Crippen LogP contribution is 2.28. The summed E-state index contributed by atoms with van der Waals surface area (Å²) in [6.45, 7) is 4.79. The smallest absolute Gasteiger partial charge is 0.237 e. The first kappa shape index (κ1) is 11.5. The van der Waals surface area contributed by atoms with Gasteiger partial charge in [0, 0.05) is 13.0 Å². The number of likely N-dealkylation sites (N-methyl/N-ethyl adjacent to an activating group) is 1. The zero-order valence-electron chi connectivity index (χ0n) is 9.17. The number of nitrogens with one attached hydrogen (secondary N) is 1. The van der Waals surface area contributed by atoms with Gasteiger partial charge in [-0.2, -0.15) is 0 Å². The van der Waals surface area contributed by atoms with Crippen molar-refractivity contribution in [3.05, 3.63) is 0 Å². The Kier molecular flexibility index (Phi) is 3.50. The molecular weight excluding hydrogens is 180 g/mol. The maximum Gasteiger partial charge on any atom is 0.237 e. The van der Waals surface area contributed by atoms with E-state index in [1.807, 2.05) is 0 Å². The van der Waals surface area contributed by atoms with Gasteiger partial charge < -0.3 is 15.8 Å². The van der Waals surface area contributed by atoms with E-state index < -0.39 is 5.54 Å². The molecule has 0 saturated carbocycles. The monoisotopic (exact) mass is 200 g/mol. The minimum Gasteiger partial charge on any atom is -0.378 e. The molecule has 0 radical (unpaired) electrons. The van der Waals surface area contributed by atoms with Crippen LogP contribution in [-0.4, -0.2) is 31.2 Å². The first-order valence-corrected chi connectivity index (χ1v) is 5.12. The molecule has 0 aromatic heterocycles. The molecule has 0 bridgehead atoms. The van der Waals surface area contributed by atoms with E-state index in [0.717, 1.165) is 0 Å². The van der Waals surface area contributed by atoms with Gasteiger partial charge in [-0.3, -0.25) is 4.79 Å². The number of amides is 1. The SMILES string of the molecule is CNC1(C(N)=O)CCOC(C(C)C)C1. The molecule has 0 aromatic carbocycles. The summed E-state index contributed by atoms with van der Waals surface area (Å²) in [5.74, 6) is 0.149. The van der Waals surface area contributed by atoms with Gasteiger partial charge >= 0.3 is 0 Å². The van der Waals surface area contributed by atoms with Crippen molar-refractivity contribution in [2.24, 2.45) is 11.7 Å². The molecule has 14 heavy (non-hydrogen) atoms. The Balaban J connectivity index is 2.74. The van der Waals surface area contributed by atoms with Crippen LogP contribution in [0.1, 0.15) is 26.7 Å². The van der Waals surface area contributed by atoms with E-state index in [1.54, 1.807) is 7.05 Å². The van der Waals surface area contributed by atoms with Crippen LogP contribution in [0.25, 0.3) is 0 Å². The lowest BCUT2D eigenvalue weighted by molar-refractivity contribution is -0.132. The largest absolute Gasteiger partial charge is 0.378 e. The molecule has 1 saturated heterocycles. The lowest BCUT2D eigenvalue weighted by Crippen LogP contribution is -2.59. The first-order valence-electron chi connectivity index (χ1n) is 5.12. The van der Waals surface area contributed by atoms with Gasteiger partial charge in [-0.1, -0.05) is 13.8 Å². The third kappa shape index (κ3) is 2.07.